The number of carbonyl (C=O) groups is 3. The summed E-state index contributed by atoms with van der Waals surface area (Å²) in [5, 5.41) is 0. The normalized spacial score (nSPS) is 14.5. The number of ketones is 1. The second-order valence-electron chi connectivity index (χ2n) is 8.93. The number of amides is 2. The van der Waals surface area contributed by atoms with Gasteiger partial charge in [-0.2, -0.15) is 0 Å². The molecule has 1 fully saturated rings. The molecule has 1 aromatic carbocycles. The summed E-state index contributed by atoms with van der Waals surface area (Å²) in [7, 11) is 0. The Morgan fingerprint density at radius 1 is 0.900 bits per heavy atom. The Morgan fingerprint density at radius 3 is 2.07 bits per heavy atom. The van der Waals surface area contributed by atoms with Crippen LogP contribution in [0, 0.1) is 5.41 Å². The first-order chi connectivity index (χ1) is 14.2. The Morgan fingerprint density at radius 2 is 1.50 bits per heavy atom. The highest BCUT2D eigenvalue weighted by Crippen LogP contribution is 2.19. The monoisotopic (exact) mass is 416 g/mol. The first-order valence-corrected chi connectivity index (χ1v) is 11.1. The smallest absolute Gasteiger partial charge is 0.228 e. The third-order valence-corrected chi connectivity index (χ3v) is 5.32. The standard InChI is InChI=1S/C24H36N2O4/c1-5-6-7-18-30-20-10-8-19(9-11-20)21(27)12-13-22(28)25-14-16-26(17-15-25)23(29)24(2,3)4/h8-11H,5-7,12-18H2,1-4H3. The van der Waals surface area contributed by atoms with Crippen LogP contribution in [0.5, 0.6) is 5.75 Å². The number of ether oxygens (including phenoxy) is 1. The summed E-state index contributed by atoms with van der Waals surface area (Å²) >= 11 is 0. The Kier molecular flexibility index (Phi) is 8.88. The van der Waals surface area contributed by atoms with Gasteiger partial charge in [0, 0.05) is 50.0 Å². The molecule has 0 aliphatic carbocycles. The Labute approximate surface area is 180 Å². The van der Waals surface area contributed by atoms with Gasteiger partial charge in [0.2, 0.25) is 11.8 Å². The van der Waals surface area contributed by atoms with Crippen molar-refractivity contribution in [2.45, 2.75) is 59.8 Å². The average Bonchev–Trinajstić information content (AvgIpc) is 2.74. The van der Waals surface area contributed by atoms with Gasteiger partial charge in [-0.05, 0) is 30.7 Å². The van der Waals surface area contributed by atoms with Gasteiger partial charge in [0.05, 0.1) is 6.61 Å². The molecule has 1 saturated heterocycles. The van der Waals surface area contributed by atoms with E-state index in [1.165, 1.54) is 0 Å². The number of benzene rings is 1. The van der Waals surface area contributed by atoms with Crippen molar-refractivity contribution < 1.29 is 19.1 Å². The minimum Gasteiger partial charge on any atom is -0.494 e. The van der Waals surface area contributed by atoms with Crippen molar-refractivity contribution in [3.05, 3.63) is 29.8 Å². The lowest BCUT2D eigenvalue weighted by Crippen LogP contribution is -2.53. The maximum absolute atomic E-state index is 12.5. The second kappa shape index (κ2) is 11.1. The number of unbranched alkanes of at least 4 members (excludes halogenated alkanes) is 2. The SMILES string of the molecule is CCCCCOc1ccc(C(=O)CCC(=O)N2CCN(C(=O)C(C)(C)C)CC2)cc1. The van der Waals surface area contributed by atoms with Crippen LogP contribution in [0.2, 0.25) is 0 Å². The Bertz CT molecular complexity index is 714. The van der Waals surface area contributed by atoms with E-state index in [9.17, 15) is 14.4 Å². The van der Waals surface area contributed by atoms with Crippen molar-refractivity contribution in [2.24, 2.45) is 5.41 Å². The Balaban J connectivity index is 1.74. The van der Waals surface area contributed by atoms with E-state index in [-0.39, 0.29) is 30.4 Å². The fourth-order valence-corrected chi connectivity index (χ4v) is 3.44. The molecular weight excluding hydrogens is 380 g/mol. The first kappa shape index (κ1) is 23.9. The summed E-state index contributed by atoms with van der Waals surface area (Å²) < 4.78 is 5.67. The van der Waals surface area contributed by atoms with Gasteiger partial charge in [0.25, 0.3) is 0 Å². The van der Waals surface area contributed by atoms with Gasteiger partial charge in [-0.1, -0.05) is 40.5 Å². The summed E-state index contributed by atoms with van der Waals surface area (Å²) in [6.45, 7) is 10.7. The molecule has 1 aliphatic rings. The van der Waals surface area contributed by atoms with E-state index in [0.29, 0.717) is 38.3 Å². The van der Waals surface area contributed by atoms with Crippen LogP contribution in [-0.4, -0.2) is 60.2 Å². The molecule has 0 bridgehead atoms. The molecule has 1 aliphatic heterocycles. The van der Waals surface area contributed by atoms with E-state index in [1.807, 2.05) is 37.8 Å². The molecule has 0 saturated carbocycles. The quantitative estimate of drug-likeness (QED) is 0.452. The highest BCUT2D eigenvalue weighted by atomic mass is 16.5. The second-order valence-corrected chi connectivity index (χ2v) is 8.93. The van der Waals surface area contributed by atoms with Gasteiger partial charge in [0.1, 0.15) is 5.75 Å². The Hall–Kier alpha value is -2.37. The summed E-state index contributed by atoms with van der Waals surface area (Å²) in [5.41, 5.74) is 0.193. The van der Waals surface area contributed by atoms with E-state index in [1.54, 1.807) is 17.0 Å². The molecule has 0 aromatic heterocycles. The molecule has 30 heavy (non-hydrogen) atoms. The number of rotatable bonds is 9. The van der Waals surface area contributed by atoms with Gasteiger partial charge >= 0.3 is 0 Å². The average molecular weight is 417 g/mol. The van der Waals surface area contributed by atoms with Gasteiger partial charge in [-0.15, -0.1) is 0 Å². The van der Waals surface area contributed by atoms with E-state index >= 15 is 0 Å². The number of nitrogens with zero attached hydrogens (tertiary/aromatic N) is 2. The summed E-state index contributed by atoms with van der Waals surface area (Å²) in [6.07, 6.45) is 3.71. The zero-order chi connectivity index (χ0) is 22.1. The van der Waals surface area contributed by atoms with Crippen molar-refractivity contribution in [3.63, 3.8) is 0 Å². The molecule has 0 radical (unpaired) electrons. The highest BCUT2D eigenvalue weighted by Gasteiger charge is 2.30. The van der Waals surface area contributed by atoms with E-state index < -0.39 is 5.41 Å². The minimum atomic E-state index is -0.408. The fraction of sp³-hybridized carbons (Fsp3) is 0.625. The van der Waals surface area contributed by atoms with Crippen molar-refractivity contribution >= 4 is 17.6 Å². The largest absolute Gasteiger partial charge is 0.494 e. The molecule has 0 N–H and O–H groups in total. The third-order valence-electron chi connectivity index (χ3n) is 5.32. The predicted octanol–water partition coefficient (Wildman–Crippen LogP) is 3.94. The zero-order valence-electron chi connectivity index (χ0n) is 18.9. The number of carbonyl (C=O) groups excluding carboxylic acids is 3. The van der Waals surface area contributed by atoms with E-state index in [0.717, 1.165) is 25.0 Å². The number of hydrogen-bond acceptors (Lipinski definition) is 4. The molecular formula is C24H36N2O4. The molecule has 1 aromatic rings. The minimum absolute atomic E-state index is 0.0258. The molecule has 1 heterocycles. The van der Waals surface area contributed by atoms with Crippen LogP contribution in [0.1, 0.15) is 70.2 Å². The van der Waals surface area contributed by atoms with Crippen LogP contribution in [-0.2, 0) is 9.59 Å². The van der Waals surface area contributed by atoms with Crippen LogP contribution in [0.3, 0.4) is 0 Å². The van der Waals surface area contributed by atoms with Gasteiger partial charge in [0.15, 0.2) is 5.78 Å². The summed E-state index contributed by atoms with van der Waals surface area (Å²) in [4.78, 5) is 40.8. The topological polar surface area (TPSA) is 66.9 Å². The third kappa shape index (κ3) is 7.15. The van der Waals surface area contributed by atoms with Gasteiger partial charge in [-0.3, -0.25) is 14.4 Å². The van der Waals surface area contributed by atoms with E-state index in [2.05, 4.69) is 6.92 Å². The van der Waals surface area contributed by atoms with Crippen molar-refractivity contribution in [1.29, 1.82) is 0 Å². The van der Waals surface area contributed by atoms with Gasteiger partial charge in [-0.25, -0.2) is 0 Å². The lowest BCUT2D eigenvalue weighted by molar-refractivity contribution is -0.144. The number of piperazine rings is 1. The zero-order valence-corrected chi connectivity index (χ0v) is 18.9. The van der Waals surface area contributed by atoms with E-state index in [4.69, 9.17) is 4.74 Å². The lowest BCUT2D eigenvalue weighted by atomic mass is 9.94. The molecule has 6 nitrogen and oxygen atoms in total. The maximum Gasteiger partial charge on any atom is 0.228 e. The predicted molar refractivity (Wildman–Crippen MR) is 118 cm³/mol. The number of hydrogen-bond donors (Lipinski definition) is 0. The summed E-state index contributed by atoms with van der Waals surface area (Å²) in [5.74, 6) is 0.813. The van der Waals surface area contributed by atoms with Crippen LogP contribution in [0.25, 0.3) is 0 Å². The maximum atomic E-state index is 12.5. The van der Waals surface area contributed by atoms with Crippen LogP contribution >= 0.6 is 0 Å². The van der Waals surface area contributed by atoms with Gasteiger partial charge < -0.3 is 14.5 Å². The molecule has 2 amide bonds. The molecule has 6 heteroatoms. The van der Waals surface area contributed by atoms with Crippen LogP contribution < -0.4 is 4.74 Å². The van der Waals surface area contributed by atoms with Crippen molar-refractivity contribution in [3.8, 4) is 5.75 Å². The molecule has 0 atom stereocenters. The molecule has 2 rings (SSSR count). The van der Waals surface area contributed by atoms with Crippen LogP contribution in [0.15, 0.2) is 24.3 Å². The molecule has 0 spiro atoms. The fourth-order valence-electron chi connectivity index (χ4n) is 3.44. The number of Topliss-reactive ketones (excluding diaryl/α,β-unsaturated/α-hetero) is 1. The molecule has 166 valence electrons. The first-order valence-electron chi connectivity index (χ1n) is 11.1. The molecule has 0 unspecified atom stereocenters. The van der Waals surface area contributed by atoms with Crippen LogP contribution in [0.4, 0.5) is 0 Å². The lowest BCUT2D eigenvalue weighted by Gasteiger charge is -2.37. The van der Waals surface area contributed by atoms with Crippen molar-refractivity contribution in [1.82, 2.24) is 9.80 Å². The van der Waals surface area contributed by atoms with Crippen molar-refractivity contribution in [2.75, 3.05) is 32.8 Å². The summed E-state index contributed by atoms with van der Waals surface area (Å²) in [6, 6.07) is 7.15. The highest BCUT2D eigenvalue weighted by molar-refractivity contribution is 5.98.